The van der Waals surface area contributed by atoms with Crippen molar-refractivity contribution < 1.29 is 17.9 Å². The second kappa shape index (κ2) is 8.26. The Kier molecular flexibility index (Phi) is 6.52. The highest BCUT2D eigenvalue weighted by Crippen LogP contribution is 2.28. The van der Waals surface area contributed by atoms with E-state index >= 15 is 0 Å². The Hall–Kier alpha value is -1.80. The molecule has 1 amide bonds. The van der Waals surface area contributed by atoms with Crippen LogP contribution in [0.1, 0.15) is 25.5 Å². The van der Waals surface area contributed by atoms with Crippen molar-refractivity contribution in [3.8, 4) is 5.75 Å². The van der Waals surface area contributed by atoms with Gasteiger partial charge in [0.2, 0.25) is 10.0 Å². The van der Waals surface area contributed by atoms with Crippen molar-refractivity contribution in [3.05, 3.63) is 58.1 Å². The molecule has 9 heteroatoms. The third kappa shape index (κ3) is 5.35. The van der Waals surface area contributed by atoms with Crippen LogP contribution in [0.15, 0.2) is 47.4 Å². The number of benzene rings is 2. The number of ether oxygens (including phenoxy) is 1. The van der Waals surface area contributed by atoms with Crippen molar-refractivity contribution in [1.29, 1.82) is 0 Å². The van der Waals surface area contributed by atoms with Crippen LogP contribution in [0.2, 0.25) is 10.0 Å². The molecular formula is C17H18Cl2N2O4S. The minimum absolute atomic E-state index is 0.00820. The van der Waals surface area contributed by atoms with Gasteiger partial charge in [-0.25, -0.2) is 13.6 Å². The van der Waals surface area contributed by atoms with Gasteiger partial charge >= 0.3 is 0 Å². The highest BCUT2D eigenvalue weighted by molar-refractivity contribution is 7.89. The standard InChI is InChI=1S/C17H18Cl2N2O4S/c1-10(12-3-6-14(7-4-12)26(20,23)24)21-17(22)11(2)25-16-8-5-13(18)9-15(16)19/h3-11H,1-2H3,(H,21,22)(H2,20,23,24). The molecule has 2 unspecified atom stereocenters. The lowest BCUT2D eigenvalue weighted by Crippen LogP contribution is -2.37. The number of nitrogens with one attached hydrogen (secondary N) is 1. The molecule has 0 saturated heterocycles. The van der Waals surface area contributed by atoms with Crippen LogP contribution in [-0.2, 0) is 14.8 Å². The highest BCUT2D eigenvalue weighted by Gasteiger charge is 2.19. The molecule has 0 aliphatic heterocycles. The summed E-state index contributed by atoms with van der Waals surface area (Å²) in [6.07, 6.45) is -0.792. The molecule has 0 aromatic heterocycles. The van der Waals surface area contributed by atoms with Crippen LogP contribution in [0.4, 0.5) is 0 Å². The van der Waals surface area contributed by atoms with Gasteiger partial charge in [0.25, 0.3) is 5.91 Å². The summed E-state index contributed by atoms with van der Waals surface area (Å²) in [4.78, 5) is 12.3. The van der Waals surface area contributed by atoms with Gasteiger partial charge in [0.15, 0.2) is 6.10 Å². The van der Waals surface area contributed by atoms with Gasteiger partial charge in [0, 0.05) is 5.02 Å². The SMILES string of the molecule is CC(Oc1ccc(Cl)cc1Cl)C(=O)NC(C)c1ccc(S(N)(=O)=O)cc1. The Balaban J connectivity index is 2.01. The second-order valence-corrected chi connectivity index (χ2v) is 8.08. The summed E-state index contributed by atoms with van der Waals surface area (Å²) in [5.41, 5.74) is 0.725. The van der Waals surface area contributed by atoms with Gasteiger partial charge in [0.1, 0.15) is 5.75 Å². The quantitative estimate of drug-likeness (QED) is 0.754. The van der Waals surface area contributed by atoms with Crippen molar-refractivity contribution in [2.24, 2.45) is 5.14 Å². The summed E-state index contributed by atoms with van der Waals surface area (Å²) in [5.74, 6) is 0.00270. The molecule has 0 bridgehead atoms. The molecule has 0 fully saturated rings. The number of rotatable bonds is 6. The van der Waals surface area contributed by atoms with Gasteiger partial charge in [-0.05, 0) is 49.7 Å². The van der Waals surface area contributed by atoms with Crippen LogP contribution in [-0.4, -0.2) is 20.4 Å². The van der Waals surface area contributed by atoms with Crippen LogP contribution in [0.25, 0.3) is 0 Å². The first kappa shape index (κ1) is 20.5. The highest BCUT2D eigenvalue weighted by atomic mass is 35.5. The molecule has 3 N–H and O–H groups in total. The van der Waals surface area contributed by atoms with E-state index in [9.17, 15) is 13.2 Å². The third-order valence-electron chi connectivity index (χ3n) is 3.63. The number of primary sulfonamides is 1. The Morgan fingerprint density at radius 2 is 1.73 bits per heavy atom. The lowest BCUT2D eigenvalue weighted by molar-refractivity contribution is -0.127. The van der Waals surface area contributed by atoms with E-state index in [1.165, 1.54) is 18.2 Å². The van der Waals surface area contributed by atoms with E-state index < -0.39 is 16.1 Å². The van der Waals surface area contributed by atoms with Gasteiger partial charge in [-0.2, -0.15) is 0 Å². The normalized spacial score (nSPS) is 13.7. The smallest absolute Gasteiger partial charge is 0.261 e. The molecular weight excluding hydrogens is 399 g/mol. The molecule has 2 aromatic carbocycles. The summed E-state index contributed by atoms with van der Waals surface area (Å²) in [7, 11) is -3.75. The van der Waals surface area contributed by atoms with Crippen molar-refractivity contribution in [2.45, 2.75) is 30.9 Å². The number of amides is 1. The molecule has 0 radical (unpaired) electrons. The van der Waals surface area contributed by atoms with Crippen molar-refractivity contribution in [2.75, 3.05) is 0 Å². The first-order valence-electron chi connectivity index (χ1n) is 7.63. The first-order valence-corrected chi connectivity index (χ1v) is 9.93. The molecule has 140 valence electrons. The van der Waals surface area contributed by atoms with Crippen molar-refractivity contribution in [3.63, 3.8) is 0 Å². The Bertz CT molecular complexity index is 901. The number of nitrogens with two attached hydrogens (primary N) is 1. The zero-order valence-corrected chi connectivity index (χ0v) is 16.4. The maximum Gasteiger partial charge on any atom is 0.261 e. The van der Waals surface area contributed by atoms with Crippen molar-refractivity contribution in [1.82, 2.24) is 5.32 Å². The minimum Gasteiger partial charge on any atom is -0.479 e. The average Bonchev–Trinajstić information content (AvgIpc) is 2.56. The molecule has 0 heterocycles. The largest absolute Gasteiger partial charge is 0.479 e. The molecule has 0 saturated carbocycles. The number of hydrogen-bond acceptors (Lipinski definition) is 4. The van der Waals surface area contributed by atoms with Gasteiger partial charge in [-0.1, -0.05) is 35.3 Å². The minimum atomic E-state index is -3.75. The zero-order valence-electron chi connectivity index (χ0n) is 14.1. The predicted octanol–water partition coefficient (Wildman–Crippen LogP) is 3.29. The van der Waals surface area contributed by atoms with Crippen LogP contribution >= 0.6 is 23.2 Å². The first-order chi connectivity index (χ1) is 12.1. The number of sulfonamides is 1. The van der Waals surface area contributed by atoms with Gasteiger partial charge < -0.3 is 10.1 Å². The molecule has 0 aliphatic carbocycles. The topological polar surface area (TPSA) is 98.5 Å². The molecule has 0 spiro atoms. The Morgan fingerprint density at radius 3 is 2.27 bits per heavy atom. The molecule has 2 atom stereocenters. The number of carbonyl (C=O) groups is 1. The van der Waals surface area contributed by atoms with Crippen LogP contribution in [0, 0.1) is 0 Å². The Labute approximate surface area is 162 Å². The molecule has 2 aromatic rings. The number of hydrogen-bond donors (Lipinski definition) is 2. The van der Waals surface area contributed by atoms with E-state index in [-0.39, 0.29) is 16.8 Å². The molecule has 2 rings (SSSR count). The van der Waals surface area contributed by atoms with Gasteiger partial charge in [-0.15, -0.1) is 0 Å². The molecule has 0 aliphatic rings. The monoisotopic (exact) mass is 416 g/mol. The maximum absolute atomic E-state index is 12.3. The second-order valence-electron chi connectivity index (χ2n) is 5.68. The third-order valence-corrected chi connectivity index (χ3v) is 5.09. The summed E-state index contributed by atoms with van der Waals surface area (Å²) < 4.78 is 28.1. The summed E-state index contributed by atoms with van der Waals surface area (Å²) >= 11 is 11.9. The van der Waals surface area contributed by atoms with Crippen LogP contribution < -0.4 is 15.2 Å². The van der Waals surface area contributed by atoms with Crippen LogP contribution in [0.3, 0.4) is 0 Å². The summed E-state index contributed by atoms with van der Waals surface area (Å²) in [6.45, 7) is 3.36. The summed E-state index contributed by atoms with van der Waals surface area (Å²) in [6, 6.07) is 10.3. The van der Waals surface area contributed by atoms with E-state index in [1.54, 1.807) is 38.1 Å². The van der Waals surface area contributed by atoms with Gasteiger partial charge in [-0.3, -0.25) is 4.79 Å². The number of halogens is 2. The molecule has 26 heavy (non-hydrogen) atoms. The lowest BCUT2D eigenvalue weighted by Gasteiger charge is -2.19. The lowest BCUT2D eigenvalue weighted by atomic mass is 10.1. The van der Waals surface area contributed by atoms with E-state index in [0.717, 1.165) is 5.56 Å². The van der Waals surface area contributed by atoms with E-state index in [1.807, 2.05) is 0 Å². The van der Waals surface area contributed by atoms with E-state index in [2.05, 4.69) is 5.32 Å². The van der Waals surface area contributed by atoms with Gasteiger partial charge in [0.05, 0.1) is 16.0 Å². The maximum atomic E-state index is 12.3. The fourth-order valence-electron chi connectivity index (χ4n) is 2.18. The Morgan fingerprint density at radius 1 is 1.12 bits per heavy atom. The van der Waals surface area contributed by atoms with E-state index in [4.69, 9.17) is 33.1 Å². The average molecular weight is 417 g/mol. The zero-order chi connectivity index (χ0) is 19.5. The van der Waals surface area contributed by atoms with E-state index in [0.29, 0.717) is 15.8 Å². The van der Waals surface area contributed by atoms with Crippen LogP contribution in [0.5, 0.6) is 5.75 Å². The molecule has 6 nitrogen and oxygen atoms in total. The predicted molar refractivity (Wildman–Crippen MR) is 101 cm³/mol. The fourth-order valence-corrected chi connectivity index (χ4v) is 3.14. The fraction of sp³-hybridized carbons (Fsp3) is 0.235. The van der Waals surface area contributed by atoms with Crippen molar-refractivity contribution >= 4 is 39.1 Å². The summed E-state index contributed by atoms with van der Waals surface area (Å²) in [5, 5.41) is 8.63. The number of carbonyl (C=O) groups excluding carboxylic acids is 1.